The summed E-state index contributed by atoms with van der Waals surface area (Å²) in [5, 5.41) is 28.0. The summed E-state index contributed by atoms with van der Waals surface area (Å²) in [6, 6.07) is -0.115. The van der Waals surface area contributed by atoms with Crippen LogP contribution < -0.4 is 5.43 Å². The first-order valence-corrected chi connectivity index (χ1v) is 6.66. The number of aliphatic hydroxyl groups excluding tert-OH is 1. The Balaban J connectivity index is 3.28. The second kappa shape index (κ2) is 8.16. The van der Waals surface area contributed by atoms with Crippen LogP contribution in [0.25, 0.3) is 0 Å². The van der Waals surface area contributed by atoms with E-state index in [0.29, 0.717) is 18.8 Å². The highest BCUT2D eigenvalue weighted by atomic mass is 16.4. The molecule has 0 fully saturated rings. The molecule has 7 nitrogen and oxygen atoms in total. The highest BCUT2D eigenvalue weighted by molar-refractivity contribution is 5.72. The third-order valence-corrected chi connectivity index (χ3v) is 3.10. The summed E-state index contributed by atoms with van der Waals surface area (Å²) in [6.45, 7) is 7.89. The molecule has 0 bridgehead atoms. The van der Waals surface area contributed by atoms with E-state index in [1.807, 2.05) is 4.90 Å². The molecule has 0 radical (unpaired) electrons. The van der Waals surface area contributed by atoms with Crippen LogP contribution in [0.2, 0.25) is 0 Å². The highest BCUT2D eigenvalue weighted by Gasteiger charge is 2.22. The van der Waals surface area contributed by atoms with Crippen molar-refractivity contribution in [2.24, 2.45) is 0 Å². The maximum atomic E-state index is 11.6. The van der Waals surface area contributed by atoms with Gasteiger partial charge in [0.15, 0.2) is 11.8 Å². The fourth-order valence-electron chi connectivity index (χ4n) is 2.08. The molecule has 1 aromatic rings. The number of aromatic hydroxyl groups is 1. The maximum Gasteiger partial charge on any atom is 0.329 e. The van der Waals surface area contributed by atoms with E-state index in [-0.39, 0.29) is 6.54 Å². The first kappa shape index (κ1) is 17.7. The van der Waals surface area contributed by atoms with Crippen LogP contribution in [-0.4, -0.2) is 50.5 Å². The number of rotatable bonds is 9. The van der Waals surface area contributed by atoms with Crippen LogP contribution in [0.4, 0.5) is 0 Å². The van der Waals surface area contributed by atoms with Crippen LogP contribution in [0.15, 0.2) is 42.4 Å². The predicted molar refractivity (Wildman–Crippen MR) is 81.8 cm³/mol. The number of pyridine rings is 1. The average molecular weight is 308 g/mol. The van der Waals surface area contributed by atoms with Crippen LogP contribution in [0.5, 0.6) is 5.75 Å². The molecule has 1 unspecified atom stereocenters. The number of nitrogens with zero attached hydrogens (tertiary/aromatic N) is 2. The molecule has 0 amide bonds. The molecule has 0 spiro atoms. The molecule has 0 aromatic carbocycles. The Morgan fingerprint density at radius 2 is 1.95 bits per heavy atom. The zero-order valence-electron chi connectivity index (χ0n) is 12.2. The number of aliphatic hydroxyl groups is 1. The molecule has 0 saturated carbocycles. The van der Waals surface area contributed by atoms with Gasteiger partial charge in [-0.15, -0.1) is 13.2 Å². The van der Waals surface area contributed by atoms with Crippen molar-refractivity contribution in [2.75, 3.05) is 19.7 Å². The summed E-state index contributed by atoms with van der Waals surface area (Å²) in [5.41, 5.74) is -0.238. The lowest BCUT2D eigenvalue weighted by Crippen LogP contribution is -2.31. The molecule has 0 aliphatic rings. The van der Waals surface area contributed by atoms with Gasteiger partial charge in [-0.05, 0) is 0 Å². The third kappa shape index (κ3) is 4.31. The Morgan fingerprint density at radius 3 is 2.41 bits per heavy atom. The zero-order valence-corrected chi connectivity index (χ0v) is 12.2. The van der Waals surface area contributed by atoms with E-state index in [1.165, 1.54) is 10.6 Å². The molecular weight excluding hydrogens is 288 g/mol. The summed E-state index contributed by atoms with van der Waals surface area (Å²) in [6.07, 6.45) is 4.38. The Hall–Kier alpha value is -2.38. The number of carboxylic acids is 1. The molecule has 1 rings (SSSR count). The van der Waals surface area contributed by atoms with Crippen molar-refractivity contribution in [3.05, 3.63) is 53.5 Å². The molecular formula is C15H20N2O5. The lowest BCUT2D eigenvalue weighted by Gasteiger charge is -2.24. The van der Waals surface area contributed by atoms with Gasteiger partial charge < -0.3 is 19.9 Å². The number of carboxylic acid groups (broad SMARTS) is 1. The lowest BCUT2D eigenvalue weighted by atomic mass is 10.2. The second-order valence-electron chi connectivity index (χ2n) is 4.73. The number of aliphatic carboxylic acids is 1. The monoisotopic (exact) mass is 308 g/mol. The minimum Gasteiger partial charge on any atom is -0.503 e. The summed E-state index contributed by atoms with van der Waals surface area (Å²) in [4.78, 5) is 24.7. The van der Waals surface area contributed by atoms with Gasteiger partial charge in [-0.3, -0.25) is 9.69 Å². The van der Waals surface area contributed by atoms with E-state index in [2.05, 4.69) is 13.2 Å². The van der Waals surface area contributed by atoms with E-state index in [0.717, 1.165) is 6.20 Å². The number of hydrogen-bond donors (Lipinski definition) is 3. The molecule has 22 heavy (non-hydrogen) atoms. The predicted octanol–water partition coefficient (Wildman–Crippen LogP) is 0.346. The summed E-state index contributed by atoms with van der Waals surface area (Å²) in [7, 11) is 0. The van der Waals surface area contributed by atoms with Gasteiger partial charge in [0.05, 0.1) is 12.8 Å². The zero-order chi connectivity index (χ0) is 16.7. The normalized spacial score (nSPS) is 12.1. The largest absolute Gasteiger partial charge is 0.503 e. The lowest BCUT2D eigenvalue weighted by molar-refractivity contribution is -0.142. The molecule has 1 atom stereocenters. The molecule has 0 aliphatic carbocycles. The van der Waals surface area contributed by atoms with Crippen LogP contribution in [0.1, 0.15) is 11.7 Å². The van der Waals surface area contributed by atoms with E-state index in [4.69, 9.17) is 5.11 Å². The summed E-state index contributed by atoms with van der Waals surface area (Å²) in [5.74, 6) is -1.83. The number of aromatic nitrogens is 1. The molecule has 0 aliphatic heterocycles. The van der Waals surface area contributed by atoms with Gasteiger partial charge in [0.25, 0.3) is 0 Å². The molecule has 1 aromatic heterocycles. The van der Waals surface area contributed by atoms with Gasteiger partial charge >= 0.3 is 5.97 Å². The van der Waals surface area contributed by atoms with Gasteiger partial charge in [-0.2, -0.15) is 0 Å². The Labute approximate surface area is 128 Å². The van der Waals surface area contributed by atoms with E-state index in [1.54, 1.807) is 12.2 Å². The van der Waals surface area contributed by atoms with Crippen LogP contribution >= 0.6 is 0 Å². The van der Waals surface area contributed by atoms with Crippen molar-refractivity contribution in [3.63, 3.8) is 0 Å². The van der Waals surface area contributed by atoms with E-state index in [9.17, 15) is 19.8 Å². The third-order valence-electron chi connectivity index (χ3n) is 3.10. The minimum absolute atomic E-state index is 0.247. The van der Waals surface area contributed by atoms with E-state index < -0.39 is 29.8 Å². The van der Waals surface area contributed by atoms with Crippen molar-refractivity contribution in [1.29, 1.82) is 0 Å². The standard InChI is InChI=1S/C15H20N2O5/c1-3-5-16(6-4-2)8-11-7-13(19)14(20)9-17(11)12(10-18)15(21)22/h3-4,7,9,12,18,20H,1-2,5-6,8,10H2,(H,21,22). The van der Waals surface area contributed by atoms with Crippen molar-refractivity contribution < 1.29 is 20.1 Å². The van der Waals surface area contributed by atoms with Crippen molar-refractivity contribution in [2.45, 2.75) is 12.6 Å². The quantitative estimate of drug-likeness (QED) is 0.569. The Kier molecular flexibility index (Phi) is 6.55. The molecule has 7 heteroatoms. The van der Waals surface area contributed by atoms with Crippen molar-refractivity contribution in [3.8, 4) is 5.75 Å². The molecule has 3 N–H and O–H groups in total. The minimum atomic E-state index is -1.28. The first-order valence-electron chi connectivity index (χ1n) is 6.66. The van der Waals surface area contributed by atoms with Gasteiger partial charge in [-0.1, -0.05) is 12.2 Å². The average Bonchev–Trinajstić information content (AvgIpc) is 2.45. The summed E-state index contributed by atoms with van der Waals surface area (Å²) < 4.78 is 1.19. The van der Waals surface area contributed by atoms with Crippen LogP contribution in [0.3, 0.4) is 0 Å². The fraction of sp³-hybridized carbons (Fsp3) is 0.333. The molecule has 1 heterocycles. The first-order chi connectivity index (χ1) is 10.4. The van der Waals surface area contributed by atoms with E-state index >= 15 is 0 Å². The highest BCUT2D eigenvalue weighted by Crippen LogP contribution is 2.15. The van der Waals surface area contributed by atoms with Crippen LogP contribution in [-0.2, 0) is 11.3 Å². The smallest absolute Gasteiger partial charge is 0.329 e. The maximum absolute atomic E-state index is 11.6. The number of carbonyl (C=O) groups is 1. The second-order valence-corrected chi connectivity index (χ2v) is 4.73. The van der Waals surface area contributed by atoms with Gasteiger partial charge in [-0.25, -0.2) is 4.79 Å². The SMILES string of the molecule is C=CCN(CC=C)Cc1cc(=O)c(O)cn1C(CO)C(=O)O. The Bertz CT molecular complexity index is 598. The van der Waals surface area contributed by atoms with Crippen molar-refractivity contribution in [1.82, 2.24) is 9.47 Å². The van der Waals surface area contributed by atoms with Crippen molar-refractivity contribution >= 4 is 5.97 Å². The molecule has 0 saturated heterocycles. The van der Waals surface area contributed by atoms with Gasteiger partial charge in [0, 0.05) is 31.4 Å². The topological polar surface area (TPSA) is 103 Å². The number of hydrogen-bond acceptors (Lipinski definition) is 5. The van der Waals surface area contributed by atoms with Gasteiger partial charge in [0.1, 0.15) is 0 Å². The van der Waals surface area contributed by atoms with Crippen LogP contribution in [0, 0.1) is 0 Å². The van der Waals surface area contributed by atoms with Gasteiger partial charge in [0.2, 0.25) is 5.43 Å². The molecule has 120 valence electrons. The fourth-order valence-corrected chi connectivity index (χ4v) is 2.08. The summed E-state index contributed by atoms with van der Waals surface area (Å²) >= 11 is 0. The Morgan fingerprint density at radius 1 is 1.36 bits per heavy atom.